The molecule has 7 heteroatoms. The van der Waals surface area contributed by atoms with Crippen molar-refractivity contribution in [2.45, 2.75) is 52.1 Å². The Bertz CT molecular complexity index is 603. The average molecular weight is 380 g/mol. The summed E-state index contributed by atoms with van der Waals surface area (Å²) >= 11 is 1.72. The molecule has 2 fully saturated rings. The summed E-state index contributed by atoms with van der Waals surface area (Å²) in [6, 6.07) is 0.620. The van der Waals surface area contributed by atoms with Gasteiger partial charge in [-0.1, -0.05) is 20.8 Å². The summed E-state index contributed by atoms with van der Waals surface area (Å²) < 4.78 is 5.49. The minimum atomic E-state index is 0.100. The SMILES string of the molecule is CCNC(=NCc1nc(C(C)(C)C)cs1)N1CCC(N2CCOCC2)C1. The van der Waals surface area contributed by atoms with Gasteiger partial charge in [-0.15, -0.1) is 11.3 Å². The molecule has 26 heavy (non-hydrogen) atoms. The minimum absolute atomic E-state index is 0.100. The van der Waals surface area contributed by atoms with Crippen LogP contribution in [-0.4, -0.2) is 72.7 Å². The van der Waals surface area contributed by atoms with Crippen molar-refractivity contribution in [2.24, 2.45) is 4.99 Å². The van der Waals surface area contributed by atoms with Gasteiger partial charge >= 0.3 is 0 Å². The first kappa shape index (κ1) is 19.6. The highest BCUT2D eigenvalue weighted by atomic mass is 32.1. The Kier molecular flexibility index (Phi) is 6.53. The van der Waals surface area contributed by atoms with Crippen molar-refractivity contribution in [1.29, 1.82) is 0 Å². The quantitative estimate of drug-likeness (QED) is 0.643. The van der Waals surface area contributed by atoms with Crippen molar-refractivity contribution in [3.05, 3.63) is 16.1 Å². The maximum Gasteiger partial charge on any atom is 0.194 e. The van der Waals surface area contributed by atoms with Crippen LogP contribution in [0.25, 0.3) is 0 Å². The molecule has 3 heterocycles. The van der Waals surface area contributed by atoms with Gasteiger partial charge in [0.1, 0.15) is 5.01 Å². The van der Waals surface area contributed by atoms with Crippen LogP contribution >= 0.6 is 11.3 Å². The molecular formula is C19H33N5OS. The van der Waals surface area contributed by atoms with Gasteiger partial charge < -0.3 is 15.0 Å². The number of hydrogen-bond donors (Lipinski definition) is 1. The van der Waals surface area contributed by atoms with E-state index in [1.165, 1.54) is 6.42 Å². The number of likely N-dealkylation sites (tertiary alicyclic amines) is 1. The van der Waals surface area contributed by atoms with Gasteiger partial charge in [-0.05, 0) is 13.3 Å². The number of rotatable bonds is 4. The number of nitrogens with zero attached hydrogens (tertiary/aromatic N) is 4. The van der Waals surface area contributed by atoms with E-state index in [1.807, 2.05) is 0 Å². The summed E-state index contributed by atoms with van der Waals surface area (Å²) in [5.74, 6) is 1.02. The second kappa shape index (κ2) is 8.67. The molecule has 1 aromatic rings. The lowest BCUT2D eigenvalue weighted by molar-refractivity contribution is 0.0195. The lowest BCUT2D eigenvalue weighted by Crippen LogP contribution is -2.46. The first-order valence-corrected chi connectivity index (χ1v) is 10.6. The zero-order chi connectivity index (χ0) is 18.6. The van der Waals surface area contributed by atoms with Crippen LogP contribution < -0.4 is 5.32 Å². The van der Waals surface area contributed by atoms with Crippen LogP contribution in [0.1, 0.15) is 44.8 Å². The molecular weight excluding hydrogens is 346 g/mol. The molecule has 0 aliphatic carbocycles. The minimum Gasteiger partial charge on any atom is -0.379 e. The fraction of sp³-hybridized carbons (Fsp3) is 0.789. The van der Waals surface area contributed by atoms with Crippen LogP contribution in [0.15, 0.2) is 10.4 Å². The number of aromatic nitrogens is 1. The van der Waals surface area contributed by atoms with Crippen LogP contribution in [0, 0.1) is 0 Å². The third-order valence-electron chi connectivity index (χ3n) is 5.04. The zero-order valence-corrected chi connectivity index (χ0v) is 17.4. The van der Waals surface area contributed by atoms with Gasteiger partial charge in [0.25, 0.3) is 0 Å². The van der Waals surface area contributed by atoms with Crippen molar-refractivity contribution >= 4 is 17.3 Å². The van der Waals surface area contributed by atoms with E-state index in [4.69, 9.17) is 14.7 Å². The predicted octanol–water partition coefficient (Wildman–Crippen LogP) is 2.31. The molecule has 0 spiro atoms. The molecule has 1 N–H and O–H groups in total. The van der Waals surface area contributed by atoms with Gasteiger partial charge in [0.05, 0.1) is 25.5 Å². The molecule has 1 unspecified atom stereocenters. The number of hydrogen-bond acceptors (Lipinski definition) is 5. The summed E-state index contributed by atoms with van der Waals surface area (Å²) in [5, 5.41) is 6.73. The Morgan fingerprint density at radius 2 is 2.12 bits per heavy atom. The fourth-order valence-electron chi connectivity index (χ4n) is 3.47. The molecule has 146 valence electrons. The maximum atomic E-state index is 5.49. The van der Waals surface area contributed by atoms with Crippen LogP contribution in [0.3, 0.4) is 0 Å². The number of aliphatic imine (C=N–C) groups is 1. The van der Waals surface area contributed by atoms with Gasteiger partial charge in [0, 0.05) is 49.6 Å². The Morgan fingerprint density at radius 1 is 1.35 bits per heavy atom. The van der Waals surface area contributed by atoms with Crippen molar-refractivity contribution < 1.29 is 4.74 Å². The molecule has 0 radical (unpaired) electrons. The van der Waals surface area contributed by atoms with Crippen LogP contribution in [-0.2, 0) is 16.7 Å². The van der Waals surface area contributed by atoms with Gasteiger partial charge in [-0.3, -0.25) is 4.90 Å². The second-order valence-electron chi connectivity index (χ2n) is 8.08. The maximum absolute atomic E-state index is 5.49. The molecule has 1 aromatic heterocycles. The van der Waals surface area contributed by atoms with Crippen LogP contribution in [0.2, 0.25) is 0 Å². The second-order valence-corrected chi connectivity index (χ2v) is 9.03. The summed E-state index contributed by atoms with van der Waals surface area (Å²) in [5.41, 5.74) is 1.26. The summed E-state index contributed by atoms with van der Waals surface area (Å²) in [7, 11) is 0. The van der Waals surface area contributed by atoms with Gasteiger partial charge in [-0.25, -0.2) is 9.98 Å². The Balaban J connectivity index is 1.61. The Labute approximate surface area is 161 Å². The zero-order valence-electron chi connectivity index (χ0n) is 16.6. The smallest absolute Gasteiger partial charge is 0.194 e. The highest BCUT2D eigenvalue weighted by Crippen LogP contribution is 2.24. The monoisotopic (exact) mass is 379 g/mol. The van der Waals surface area contributed by atoms with Gasteiger partial charge in [0.15, 0.2) is 5.96 Å². The van der Waals surface area contributed by atoms with Gasteiger partial charge in [0.2, 0.25) is 0 Å². The van der Waals surface area contributed by atoms with Crippen molar-refractivity contribution in [2.75, 3.05) is 45.9 Å². The van der Waals surface area contributed by atoms with E-state index in [9.17, 15) is 0 Å². The molecule has 0 saturated carbocycles. The highest BCUT2D eigenvalue weighted by molar-refractivity contribution is 7.09. The van der Waals surface area contributed by atoms with Gasteiger partial charge in [-0.2, -0.15) is 0 Å². The number of ether oxygens (including phenoxy) is 1. The summed E-state index contributed by atoms with van der Waals surface area (Å²) in [6.07, 6.45) is 1.20. The van der Waals surface area contributed by atoms with E-state index in [1.54, 1.807) is 11.3 Å². The summed E-state index contributed by atoms with van der Waals surface area (Å²) in [6.45, 7) is 16.3. The van der Waals surface area contributed by atoms with E-state index in [2.05, 4.69) is 48.2 Å². The van der Waals surface area contributed by atoms with E-state index in [0.29, 0.717) is 12.6 Å². The predicted molar refractivity (Wildman–Crippen MR) is 108 cm³/mol. The molecule has 6 nitrogen and oxygen atoms in total. The summed E-state index contributed by atoms with van der Waals surface area (Å²) in [4.78, 5) is 14.6. The van der Waals surface area contributed by atoms with E-state index >= 15 is 0 Å². The van der Waals surface area contributed by atoms with Crippen molar-refractivity contribution in [3.63, 3.8) is 0 Å². The van der Waals surface area contributed by atoms with Crippen LogP contribution in [0.4, 0.5) is 0 Å². The van der Waals surface area contributed by atoms with E-state index in [0.717, 1.165) is 62.6 Å². The molecule has 0 bridgehead atoms. The standard InChI is InChI=1S/C19H33N5OS/c1-5-20-18(21-12-17-22-16(14-26-17)19(2,3)4)24-7-6-15(13-24)23-8-10-25-11-9-23/h14-15H,5-13H2,1-4H3,(H,20,21). The fourth-order valence-corrected chi connectivity index (χ4v) is 4.42. The number of thiazole rings is 1. The largest absolute Gasteiger partial charge is 0.379 e. The van der Waals surface area contributed by atoms with E-state index < -0.39 is 0 Å². The first-order chi connectivity index (χ1) is 12.5. The van der Waals surface area contributed by atoms with E-state index in [-0.39, 0.29) is 5.41 Å². The molecule has 0 amide bonds. The Hall–Kier alpha value is -1.18. The lowest BCUT2D eigenvalue weighted by atomic mass is 9.93. The Morgan fingerprint density at radius 3 is 2.77 bits per heavy atom. The third kappa shape index (κ3) is 4.96. The molecule has 3 rings (SSSR count). The third-order valence-corrected chi connectivity index (χ3v) is 5.88. The lowest BCUT2D eigenvalue weighted by Gasteiger charge is -2.32. The molecule has 2 aliphatic heterocycles. The van der Waals surface area contributed by atoms with Crippen molar-refractivity contribution in [3.8, 4) is 0 Å². The average Bonchev–Trinajstić information content (AvgIpc) is 3.29. The highest BCUT2D eigenvalue weighted by Gasteiger charge is 2.30. The molecule has 2 saturated heterocycles. The number of guanidine groups is 1. The number of morpholine rings is 1. The molecule has 0 aromatic carbocycles. The first-order valence-electron chi connectivity index (χ1n) is 9.77. The van der Waals surface area contributed by atoms with Crippen LogP contribution in [0.5, 0.6) is 0 Å². The van der Waals surface area contributed by atoms with Crippen molar-refractivity contribution in [1.82, 2.24) is 20.1 Å². The number of nitrogens with one attached hydrogen (secondary N) is 1. The molecule has 1 atom stereocenters. The molecule has 2 aliphatic rings. The topological polar surface area (TPSA) is 53.0 Å². The normalized spacial score (nSPS) is 22.8.